The van der Waals surface area contributed by atoms with E-state index in [1.54, 1.807) is 4.57 Å². The zero-order chi connectivity index (χ0) is 26.3. The Hall–Kier alpha value is -4.04. The number of hydrogen-bond donors (Lipinski definition) is 1. The van der Waals surface area contributed by atoms with Gasteiger partial charge in [0.05, 0.1) is 17.9 Å². The summed E-state index contributed by atoms with van der Waals surface area (Å²) >= 11 is 6.82. The molecule has 0 bridgehead atoms. The van der Waals surface area contributed by atoms with Crippen LogP contribution < -0.4 is 5.69 Å². The predicted octanol–water partition coefficient (Wildman–Crippen LogP) is 5.57. The highest BCUT2D eigenvalue weighted by atomic mass is 35.5. The first kappa shape index (κ1) is 25.6. The van der Waals surface area contributed by atoms with Crippen molar-refractivity contribution in [2.45, 2.75) is 52.1 Å². The standard InChI is InChI=1S/C29H30ClN7O/c1-2-3-5-14-26-27(30)36(18-17-21-10-6-4-7-11-21)29(38)37(26)20-22-15-16-25(31-19-22)23-12-8-9-13-24(23)28-32-34-35-33-28/h4,6-13,15-16,19H,2-3,5,14,17-18,20H2,1H3,(H,32,33,34,35). The third-order valence-electron chi connectivity index (χ3n) is 6.70. The number of hydrogen-bond acceptors (Lipinski definition) is 5. The minimum Gasteiger partial charge on any atom is -0.290 e. The van der Waals surface area contributed by atoms with E-state index in [9.17, 15) is 4.79 Å². The van der Waals surface area contributed by atoms with Gasteiger partial charge in [-0.15, -0.1) is 10.2 Å². The fraction of sp³-hybridized carbons (Fsp3) is 0.276. The SMILES string of the molecule is CCCCCc1c(Cl)n(CCc2ccccc2)c(=O)n1Cc1ccc(-c2ccccc2-c2nn[nH]n2)nc1. The lowest BCUT2D eigenvalue weighted by Crippen LogP contribution is -2.26. The first-order chi connectivity index (χ1) is 18.7. The van der Waals surface area contributed by atoms with Gasteiger partial charge in [0.1, 0.15) is 5.15 Å². The monoisotopic (exact) mass is 527 g/mol. The number of halogens is 1. The van der Waals surface area contributed by atoms with E-state index in [0.29, 0.717) is 24.1 Å². The molecule has 0 unspecified atom stereocenters. The molecule has 1 N–H and O–H groups in total. The van der Waals surface area contributed by atoms with Crippen LogP contribution >= 0.6 is 11.6 Å². The number of tetrazole rings is 1. The number of imidazole rings is 1. The van der Waals surface area contributed by atoms with Crippen LogP contribution in [0, 0.1) is 0 Å². The van der Waals surface area contributed by atoms with E-state index in [0.717, 1.165) is 60.2 Å². The molecule has 5 aromatic rings. The average molecular weight is 528 g/mol. The fourth-order valence-corrected chi connectivity index (χ4v) is 5.03. The average Bonchev–Trinajstić information content (AvgIpc) is 3.57. The van der Waals surface area contributed by atoms with Gasteiger partial charge < -0.3 is 0 Å². The Bertz CT molecular complexity index is 1520. The van der Waals surface area contributed by atoms with E-state index in [2.05, 4.69) is 39.7 Å². The maximum atomic E-state index is 13.5. The van der Waals surface area contributed by atoms with Crippen LogP contribution in [0.15, 0.2) is 77.7 Å². The van der Waals surface area contributed by atoms with Gasteiger partial charge in [0.2, 0.25) is 5.82 Å². The maximum Gasteiger partial charge on any atom is 0.329 e. The molecule has 0 saturated heterocycles. The molecule has 0 aliphatic carbocycles. The quantitative estimate of drug-likeness (QED) is 0.227. The molecule has 5 rings (SSSR count). The molecule has 8 nitrogen and oxygen atoms in total. The summed E-state index contributed by atoms with van der Waals surface area (Å²) in [7, 11) is 0. The number of pyridine rings is 1. The minimum absolute atomic E-state index is 0.0797. The Morgan fingerprint density at radius 1 is 0.868 bits per heavy atom. The van der Waals surface area contributed by atoms with E-state index in [1.165, 1.54) is 5.56 Å². The number of benzene rings is 2. The molecule has 3 aromatic heterocycles. The lowest BCUT2D eigenvalue weighted by atomic mass is 10.0. The van der Waals surface area contributed by atoms with Gasteiger partial charge in [-0.3, -0.25) is 14.1 Å². The normalized spacial score (nSPS) is 11.2. The van der Waals surface area contributed by atoms with E-state index in [4.69, 9.17) is 16.6 Å². The molecule has 0 saturated carbocycles. The molecule has 38 heavy (non-hydrogen) atoms. The lowest BCUT2D eigenvalue weighted by Gasteiger charge is -2.09. The summed E-state index contributed by atoms with van der Waals surface area (Å²) < 4.78 is 3.52. The van der Waals surface area contributed by atoms with Gasteiger partial charge in [-0.25, -0.2) is 4.79 Å². The summed E-state index contributed by atoms with van der Waals surface area (Å²) in [5.74, 6) is 0.515. The largest absolute Gasteiger partial charge is 0.329 e. The summed E-state index contributed by atoms with van der Waals surface area (Å²) in [6.45, 7) is 3.13. The molecule has 0 atom stereocenters. The number of aromatic amines is 1. The van der Waals surface area contributed by atoms with Gasteiger partial charge in [0.25, 0.3) is 0 Å². The van der Waals surface area contributed by atoms with Gasteiger partial charge in [0, 0.05) is 23.9 Å². The molecule has 0 amide bonds. The second-order valence-electron chi connectivity index (χ2n) is 9.28. The Morgan fingerprint density at radius 2 is 1.66 bits per heavy atom. The van der Waals surface area contributed by atoms with Gasteiger partial charge >= 0.3 is 5.69 Å². The zero-order valence-electron chi connectivity index (χ0n) is 21.3. The summed E-state index contributed by atoms with van der Waals surface area (Å²) in [5, 5.41) is 14.9. The van der Waals surface area contributed by atoms with Crippen molar-refractivity contribution in [2.75, 3.05) is 0 Å². The molecule has 0 fully saturated rings. The summed E-state index contributed by atoms with van der Waals surface area (Å²) in [6, 6.07) is 21.9. The molecule has 0 radical (unpaired) electrons. The highest BCUT2D eigenvalue weighted by Gasteiger charge is 2.19. The topological polar surface area (TPSA) is 94.3 Å². The van der Waals surface area contributed by atoms with Crippen molar-refractivity contribution < 1.29 is 0 Å². The molecule has 0 aliphatic heterocycles. The first-order valence-corrected chi connectivity index (χ1v) is 13.3. The van der Waals surface area contributed by atoms with Crippen LogP contribution in [-0.4, -0.2) is 34.7 Å². The van der Waals surface area contributed by atoms with Crippen LogP contribution in [0.3, 0.4) is 0 Å². The number of rotatable bonds is 11. The molecule has 194 valence electrons. The molecular formula is C29H30ClN7O. The number of nitrogens with zero attached hydrogens (tertiary/aromatic N) is 6. The number of aryl methyl sites for hydroxylation is 1. The number of H-pyrrole nitrogens is 1. The Balaban J connectivity index is 1.41. The second kappa shape index (κ2) is 12.0. The van der Waals surface area contributed by atoms with Crippen molar-refractivity contribution in [3.8, 4) is 22.6 Å². The predicted molar refractivity (Wildman–Crippen MR) is 149 cm³/mol. The van der Waals surface area contributed by atoms with Crippen LogP contribution in [0.4, 0.5) is 0 Å². The number of nitrogens with one attached hydrogen (secondary N) is 1. The highest BCUT2D eigenvalue weighted by molar-refractivity contribution is 6.30. The van der Waals surface area contributed by atoms with Gasteiger partial charge in [-0.2, -0.15) is 5.21 Å². The molecule has 0 spiro atoms. The van der Waals surface area contributed by atoms with Crippen molar-refractivity contribution in [3.05, 3.63) is 105 Å². The van der Waals surface area contributed by atoms with Crippen molar-refractivity contribution >= 4 is 11.6 Å². The lowest BCUT2D eigenvalue weighted by molar-refractivity contribution is 0.622. The van der Waals surface area contributed by atoms with Gasteiger partial charge in [0.15, 0.2) is 0 Å². The summed E-state index contributed by atoms with van der Waals surface area (Å²) in [5.41, 5.74) is 5.47. The third-order valence-corrected chi connectivity index (χ3v) is 7.12. The van der Waals surface area contributed by atoms with Crippen molar-refractivity contribution in [1.29, 1.82) is 0 Å². The van der Waals surface area contributed by atoms with Crippen LogP contribution in [0.5, 0.6) is 0 Å². The number of unbranched alkanes of at least 4 members (excludes halogenated alkanes) is 2. The van der Waals surface area contributed by atoms with Crippen LogP contribution in [-0.2, 0) is 25.9 Å². The minimum atomic E-state index is -0.0797. The second-order valence-corrected chi connectivity index (χ2v) is 9.64. The Morgan fingerprint density at radius 3 is 2.37 bits per heavy atom. The van der Waals surface area contributed by atoms with Crippen molar-refractivity contribution in [3.63, 3.8) is 0 Å². The zero-order valence-corrected chi connectivity index (χ0v) is 22.1. The third kappa shape index (κ3) is 5.60. The number of aromatic nitrogens is 7. The molecular weight excluding hydrogens is 498 g/mol. The maximum absolute atomic E-state index is 13.5. The van der Waals surface area contributed by atoms with E-state index < -0.39 is 0 Å². The van der Waals surface area contributed by atoms with Crippen LogP contribution in [0.2, 0.25) is 5.15 Å². The van der Waals surface area contributed by atoms with Gasteiger partial charge in [-0.1, -0.05) is 92.0 Å². The first-order valence-electron chi connectivity index (χ1n) is 13.0. The molecule has 3 heterocycles. The molecule has 2 aromatic carbocycles. The Labute approximate surface area is 226 Å². The Kier molecular flexibility index (Phi) is 8.09. The molecule has 9 heteroatoms. The van der Waals surface area contributed by atoms with Gasteiger partial charge in [-0.05, 0) is 41.7 Å². The molecule has 0 aliphatic rings. The fourth-order valence-electron chi connectivity index (χ4n) is 4.67. The van der Waals surface area contributed by atoms with Crippen LogP contribution in [0.1, 0.15) is 43.0 Å². The van der Waals surface area contributed by atoms with Crippen LogP contribution in [0.25, 0.3) is 22.6 Å². The van der Waals surface area contributed by atoms with E-state index in [1.807, 2.05) is 65.4 Å². The summed E-state index contributed by atoms with van der Waals surface area (Å²) in [6.07, 6.45) is 6.52. The van der Waals surface area contributed by atoms with E-state index in [-0.39, 0.29) is 5.69 Å². The van der Waals surface area contributed by atoms with Crippen molar-refractivity contribution in [2.24, 2.45) is 0 Å². The smallest absolute Gasteiger partial charge is 0.290 e. The summed E-state index contributed by atoms with van der Waals surface area (Å²) in [4.78, 5) is 18.2. The highest BCUT2D eigenvalue weighted by Crippen LogP contribution is 2.28. The van der Waals surface area contributed by atoms with Crippen molar-refractivity contribution in [1.82, 2.24) is 34.7 Å². The van der Waals surface area contributed by atoms with E-state index >= 15 is 0 Å².